The number of nitrogens with two attached hydrogens (primary N) is 1. The number of unbranched alkanes of at least 4 members (excludes halogenated alkanes) is 2. The van der Waals surface area contributed by atoms with Crippen LogP contribution in [0.15, 0.2) is 23.1 Å². The SMILES string of the molecule is CCCCCC(C)NS(=O)(=O)c1ccc(N)cc1OC. The molecular weight excluding hydrogens is 276 g/mol. The van der Waals surface area contributed by atoms with Crippen LogP contribution in [-0.4, -0.2) is 21.6 Å². The van der Waals surface area contributed by atoms with Crippen molar-refractivity contribution in [3.8, 4) is 5.75 Å². The van der Waals surface area contributed by atoms with Crippen molar-refractivity contribution >= 4 is 15.7 Å². The molecule has 1 unspecified atom stereocenters. The summed E-state index contributed by atoms with van der Waals surface area (Å²) in [6.07, 6.45) is 4.06. The van der Waals surface area contributed by atoms with E-state index in [1.165, 1.54) is 19.2 Å². The summed E-state index contributed by atoms with van der Waals surface area (Å²) in [5, 5.41) is 0. The maximum Gasteiger partial charge on any atom is 0.244 e. The summed E-state index contributed by atoms with van der Waals surface area (Å²) < 4.78 is 32.4. The molecule has 0 radical (unpaired) electrons. The van der Waals surface area contributed by atoms with E-state index in [0.717, 1.165) is 25.7 Å². The van der Waals surface area contributed by atoms with E-state index in [4.69, 9.17) is 10.5 Å². The predicted octanol–water partition coefficient (Wildman–Crippen LogP) is 2.52. The van der Waals surface area contributed by atoms with Gasteiger partial charge in [0.05, 0.1) is 7.11 Å². The quantitative estimate of drug-likeness (QED) is 0.571. The van der Waals surface area contributed by atoms with Crippen LogP contribution < -0.4 is 15.2 Å². The van der Waals surface area contributed by atoms with Crippen molar-refractivity contribution in [2.45, 2.75) is 50.5 Å². The molecule has 114 valence electrons. The normalized spacial score (nSPS) is 13.2. The van der Waals surface area contributed by atoms with Gasteiger partial charge in [-0.05, 0) is 25.5 Å². The van der Waals surface area contributed by atoms with Crippen LogP contribution in [0.25, 0.3) is 0 Å². The smallest absolute Gasteiger partial charge is 0.244 e. The Bertz CT molecular complexity index is 529. The van der Waals surface area contributed by atoms with Crippen molar-refractivity contribution in [1.29, 1.82) is 0 Å². The highest BCUT2D eigenvalue weighted by molar-refractivity contribution is 7.89. The molecular formula is C14H24N2O3S. The fourth-order valence-electron chi connectivity index (χ4n) is 1.99. The first-order valence-corrected chi connectivity index (χ1v) is 8.35. The monoisotopic (exact) mass is 300 g/mol. The molecule has 0 bridgehead atoms. The summed E-state index contributed by atoms with van der Waals surface area (Å²) in [7, 11) is -2.16. The summed E-state index contributed by atoms with van der Waals surface area (Å²) >= 11 is 0. The highest BCUT2D eigenvalue weighted by Gasteiger charge is 2.21. The number of nitrogens with one attached hydrogen (secondary N) is 1. The summed E-state index contributed by atoms with van der Waals surface area (Å²) in [6.45, 7) is 3.99. The molecule has 0 spiro atoms. The molecule has 1 aromatic carbocycles. The lowest BCUT2D eigenvalue weighted by molar-refractivity contribution is 0.402. The van der Waals surface area contributed by atoms with Crippen LogP contribution >= 0.6 is 0 Å². The molecule has 0 heterocycles. The average Bonchev–Trinajstić information content (AvgIpc) is 2.37. The highest BCUT2D eigenvalue weighted by Crippen LogP contribution is 2.26. The fourth-order valence-corrected chi connectivity index (χ4v) is 3.42. The van der Waals surface area contributed by atoms with Crippen LogP contribution in [0.1, 0.15) is 39.5 Å². The first-order valence-electron chi connectivity index (χ1n) is 6.86. The first kappa shape index (κ1) is 16.8. The molecule has 1 aromatic rings. The zero-order valence-corrected chi connectivity index (χ0v) is 13.2. The molecule has 0 saturated carbocycles. The van der Waals surface area contributed by atoms with Gasteiger partial charge in [-0.2, -0.15) is 0 Å². The van der Waals surface area contributed by atoms with Crippen molar-refractivity contribution in [2.75, 3.05) is 12.8 Å². The van der Waals surface area contributed by atoms with Crippen molar-refractivity contribution < 1.29 is 13.2 Å². The Kier molecular flexibility index (Phi) is 6.29. The number of ether oxygens (including phenoxy) is 1. The molecule has 6 heteroatoms. The van der Waals surface area contributed by atoms with Gasteiger partial charge < -0.3 is 10.5 Å². The topological polar surface area (TPSA) is 81.4 Å². The van der Waals surface area contributed by atoms with E-state index in [9.17, 15) is 8.42 Å². The summed E-state index contributed by atoms with van der Waals surface area (Å²) in [5.74, 6) is 0.262. The van der Waals surface area contributed by atoms with Crippen LogP contribution in [0.4, 0.5) is 5.69 Å². The van der Waals surface area contributed by atoms with Crippen molar-refractivity contribution in [1.82, 2.24) is 4.72 Å². The van der Waals surface area contributed by atoms with Gasteiger partial charge in [-0.1, -0.05) is 26.2 Å². The molecule has 0 aliphatic carbocycles. The van der Waals surface area contributed by atoms with Gasteiger partial charge >= 0.3 is 0 Å². The molecule has 1 rings (SSSR count). The molecule has 5 nitrogen and oxygen atoms in total. The van der Waals surface area contributed by atoms with Gasteiger partial charge in [0.25, 0.3) is 0 Å². The van der Waals surface area contributed by atoms with Gasteiger partial charge in [0.1, 0.15) is 10.6 Å². The Hall–Kier alpha value is -1.27. The number of hydrogen-bond donors (Lipinski definition) is 2. The molecule has 1 atom stereocenters. The third kappa shape index (κ3) is 4.68. The maximum absolute atomic E-state index is 12.3. The van der Waals surface area contributed by atoms with Gasteiger partial charge in [0.15, 0.2) is 0 Å². The number of sulfonamides is 1. The second-order valence-electron chi connectivity index (χ2n) is 4.93. The highest BCUT2D eigenvalue weighted by atomic mass is 32.2. The van der Waals surface area contributed by atoms with E-state index in [0.29, 0.717) is 5.69 Å². The van der Waals surface area contributed by atoms with Gasteiger partial charge in [-0.25, -0.2) is 13.1 Å². The molecule has 0 saturated heterocycles. The minimum atomic E-state index is -3.59. The first-order chi connectivity index (χ1) is 9.40. The standard InChI is InChI=1S/C14H24N2O3S/c1-4-5-6-7-11(2)16-20(17,18)14-9-8-12(15)10-13(14)19-3/h8-11,16H,4-7,15H2,1-3H3. The Balaban J connectivity index is 2.83. The van der Waals surface area contributed by atoms with Crippen LogP contribution in [0.3, 0.4) is 0 Å². The molecule has 0 aliphatic heterocycles. The number of methoxy groups -OCH3 is 1. The summed E-state index contributed by atoms with van der Waals surface area (Å²) in [4.78, 5) is 0.122. The van der Waals surface area contributed by atoms with E-state index in [1.807, 2.05) is 6.92 Å². The van der Waals surface area contributed by atoms with Gasteiger partial charge in [0, 0.05) is 17.8 Å². The van der Waals surface area contributed by atoms with Crippen LogP contribution in [0, 0.1) is 0 Å². The molecule has 0 aromatic heterocycles. The minimum absolute atomic E-state index is 0.103. The molecule has 20 heavy (non-hydrogen) atoms. The number of nitrogen functional groups attached to an aromatic ring is 1. The van der Waals surface area contributed by atoms with E-state index in [2.05, 4.69) is 11.6 Å². The Labute approximate surface area is 121 Å². The van der Waals surface area contributed by atoms with Crippen LogP contribution in [0.5, 0.6) is 5.75 Å². The fraction of sp³-hybridized carbons (Fsp3) is 0.571. The maximum atomic E-state index is 12.3. The van der Waals surface area contributed by atoms with Crippen LogP contribution in [-0.2, 0) is 10.0 Å². The lowest BCUT2D eigenvalue weighted by atomic mass is 10.1. The second kappa shape index (κ2) is 7.50. The third-order valence-corrected chi connectivity index (χ3v) is 4.70. The number of rotatable bonds is 8. The summed E-state index contributed by atoms with van der Waals surface area (Å²) in [6, 6.07) is 4.43. The lowest BCUT2D eigenvalue weighted by Gasteiger charge is -2.16. The average molecular weight is 300 g/mol. The van der Waals surface area contributed by atoms with E-state index >= 15 is 0 Å². The molecule has 0 fully saturated rings. The number of benzene rings is 1. The Morgan fingerprint density at radius 1 is 1.35 bits per heavy atom. The largest absolute Gasteiger partial charge is 0.495 e. The predicted molar refractivity (Wildman–Crippen MR) is 81.3 cm³/mol. The second-order valence-corrected chi connectivity index (χ2v) is 6.61. The van der Waals surface area contributed by atoms with E-state index in [-0.39, 0.29) is 16.7 Å². The minimum Gasteiger partial charge on any atom is -0.495 e. The van der Waals surface area contributed by atoms with E-state index in [1.54, 1.807) is 6.07 Å². The van der Waals surface area contributed by atoms with Gasteiger partial charge in [-0.3, -0.25) is 0 Å². The number of anilines is 1. The Morgan fingerprint density at radius 3 is 2.65 bits per heavy atom. The van der Waals surface area contributed by atoms with Gasteiger partial charge in [-0.15, -0.1) is 0 Å². The van der Waals surface area contributed by atoms with Crippen molar-refractivity contribution in [2.24, 2.45) is 0 Å². The number of hydrogen-bond acceptors (Lipinski definition) is 4. The van der Waals surface area contributed by atoms with Crippen molar-refractivity contribution in [3.05, 3.63) is 18.2 Å². The van der Waals surface area contributed by atoms with Crippen LogP contribution in [0.2, 0.25) is 0 Å². The van der Waals surface area contributed by atoms with Gasteiger partial charge in [0.2, 0.25) is 10.0 Å². The molecule has 3 N–H and O–H groups in total. The van der Waals surface area contributed by atoms with E-state index < -0.39 is 10.0 Å². The molecule has 0 amide bonds. The third-order valence-electron chi connectivity index (χ3n) is 3.07. The summed E-state index contributed by atoms with van der Waals surface area (Å²) in [5.41, 5.74) is 6.10. The zero-order chi connectivity index (χ0) is 15.2. The zero-order valence-electron chi connectivity index (χ0n) is 12.3. The van der Waals surface area contributed by atoms with Crippen molar-refractivity contribution in [3.63, 3.8) is 0 Å². The Morgan fingerprint density at radius 2 is 2.05 bits per heavy atom. The molecule has 0 aliphatic rings. The lowest BCUT2D eigenvalue weighted by Crippen LogP contribution is -2.32.